The summed E-state index contributed by atoms with van der Waals surface area (Å²) in [5.74, 6) is 0.458. The third-order valence-electron chi connectivity index (χ3n) is 3.50. The molecule has 108 valence electrons. The molecule has 0 spiro atoms. The van der Waals surface area contributed by atoms with Crippen LogP contribution in [0, 0.1) is 31.0 Å². The zero-order valence-electron chi connectivity index (χ0n) is 13.2. The predicted octanol–water partition coefficient (Wildman–Crippen LogP) is 4.90. The number of hydrogen-bond donors (Lipinski definition) is 1. The molecule has 1 aromatic carbocycles. The quantitative estimate of drug-likeness (QED) is 0.823. The number of aryl methyl sites for hydroxylation is 2. The Balaban J connectivity index is 2.76. The molecule has 0 saturated carbocycles. The zero-order valence-corrected chi connectivity index (χ0v) is 13.2. The van der Waals surface area contributed by atoms with E-state index in [0.29, 0.717) is 22.5 Å². The van der Waals surface area contributed by atoms with E-state index >= 15 is 0 Å². The van der Waals surface area contributed by atoms with Crippen LogP contribution < -0.4 is 5.73 Å². The average molecular weight is 265 g/mol. The maximum Gasteiger partial charge on any atom is 0.129 e. The lowest BCUT2D eigenvalue weighted by Crippen LogP contribution is -2.18. The molecule has 19 heavy (non-hydrogen) atoms. The number of halogens is 1. The van der Waals surface area contributed by atoms with Gasteiger partial charge in [0.15, 0.2) is 0 Å². The van der Waals surface area contributed by atoms with Crippen LogP contribution in [0.4, 0.5) is 4.39 Å². The summed E-state index contributed by atoms with van der Waals surface area (Å²) in [6.45, 7) is 12.6. The minimum absolute atomic E-state index is 0.00431. The minimum Gasteiger partial charge on any atom is -0.324 e. The lowest BCUT2D eigenvalue weighted by molar-refractivity contribution is 0.286. The van der Waals surface area contributed by atoms with Gasteiger partial charge in [-0.15, -0.1) is 0 Å². The van der Waals surface area contributed by atoms with Crippen molar-refractivity contribution in [2.45, 2.75) is 60.4 Å². The van der Waals surface area contributed by atoms with Crippen molar-refractivity contribution in [3.63, 3.8) is 0 Å². The van der Waals surface area contributed by atoms with Gasteiger partial charge in [0.25, 0.3) is 0 Å². The van der Waals surface area contributed by atoms with E-state index in [1.165, 1.54) is 0 Å². The highest BCUT2D eigenvalue weighted by Gasteiger charge is 2.19. The van der Waals surface area contributed by atoms with Gasteiger partial charge in [-0.1, -0.05) is 39.8 Å². The van der Waals surface area contributed by atoms with E-state index in [4.69, 9.17) is 5.73 Å². The van der Waals surface area contributed by atoms with Gasteiger partial charge in [-0.2, -0.15) is 0 Å². The second-order valence-corrected chi connectivity index (χ2v) is 7.18. The Labute approximate surface area is 117 Å². The van der Waals surface area contributed by atoms with E-state index in [-0.39, 0.29) is 11.9 Å². The van der Waals surface area contributed by atoms with Gasteiger partial charge in [-0.05, 0) is 54.7 Å². The normalized spacial score (nSPS) is 15.4. The Hall–Kier alpha value is -0.890. The van der Waals surface area contributed by atoms with E-state index < -0.39 is 0 Å². The summed E-state index contributed by atoms with van der Waals surface area (Å²) >= 11 is 0. The Kier molecular flexibility index (Phi) is 5.14. The second kappa shape index (κ2) is 6.04. The molecule has 0 radical (unpaired) electrons. The summed E-state index contributed by atoms with van der Waals surface area (Å²) in [5.41, 5.74) is 9.04. The molecule has 0 saturated heterocycles. The molecule has 2 N–H and O–H groups in total. The summed E-state index contributed by atoms with van der Waals surface area (Å²) in [6.07, 6.45) is 2.10. The fraction of sp³-hybridized carbons (Fsp3) is 0.647. The van der Waals surface area contributed by atoms with Gasteiger partial charge >= 0.3 is 0 Å². The first-order chi connectivity index (χ1) is 8.60. The van der Waals surface area contributed by atoms with Crippen molar-refractivity contribution >= 4 is 0 Å². The highest BCUT2D eigenvalue weighted by Crippen LogP contribution is 2.30. The fourth-order valence-electron chi connectivity index (χ4n) is 2.89. The summed E-state index contributed by atoms with van der Waals surface area (Å²) < 4.78 is 13.6. The summed E-state index contributed by atoms with van der Waals surface area (Å²) in [7, 11) is 0. The van der Waals surface area contributed by atoms with Gasteiger partial charge in [-0.25, -0.2) is 4.39 Å². The maximum absolute atomic E-state index is 13.6. The van der Waals surface area contributed by atoms with Crippen LogP contribution in [0.5, 0.6) is 0 Å². The SMILES string of the molecule is Cc1cc(C(N)CC(C)CC(C)(C)C)cc(C)c1F. The fourth-order valence-corrected chi connectivity index (χ4v) is 2.89. The van der Waals surface area contributed by atoms with Crippen molar-refractivity contribution in [1.82, 2.24) is 0 Å². The molecular weight excluding hydrogens is 237 g/mol. The van der Waals surface area contributed by atoms with Crippen LogP contribution >= 0.6 is 0 Å². The maximum atomic E-state index is 13.6. The van der Waals surface area contributed by atoms with Gasteiger partial charge in [-0.3, -0.25) is 0 Å². The van der Waals surface area contributed by atoms with Crippen LogP contribution in [-0.4, -0.2) is 0 Å². The molecule has 2 atom stereocenters. The number of nitrogens with two attached hydrogens (primary N) is 1. The first-order valence-electron chi connectivity index (χ1n) is 7.12. The number of rotatable bonds is 4. The molecule has 2 unspecified atom stereocenters. The average Bonchev–Trinajstić information content (AvgIpc) is 2.22. The van der Waals surface area contributed by atoms with Crippen LogP contribution in [0.1, 0.15) is 63.3 Å². The minimum atomic E-state index is -0.112. The molecule has 1 nitrogen and oxygen atoms in total. The summed E-state index contributed by atoms with van der Waals surface area (Å²) in [4.78, 5) is 0. The van der Waals surface area contributed by atoms with Crippen molar-refractivity contribution in [3.05, 3.63) is 34.6 Å². The second-order valence-electron chi connectivity index (χ2n) is 7.18. The van der Waals surface area contributed by atoms with Gasteiger partial charge in [0.05, 0.1) is 0 Å². The standard InChI is InChI=1S/C17H28FN/c1-11(10-17(4,5)6)7-15(19)14-8-12(2)16(18)13(3)9-14/h8-9,11,15H,7,10,19H2,1-6H3. The molecule has 0 heterocycles. The molecule has 2 heteroatoms. The zero-order chi connectivity index (χ0) is 14.8. The van der Waals surface area contributed by atoms with E-state index in [9.17, 15) is 4.39 Å². The largest absolute Gasteiger partial charge is 0.324 e. The van der Waals surface area contributed by atoms with E-state index in [2.05, 4.69) is 27.7 Å². The van der Waals surface area contributed by atoms with Gasteiger partial charge in [0.1, 0.15) is 5.82 Å². The van der Waals surface area contributed by atoms with E-state index in [0.717, 1.165) is 18.4 Å². The van der Waals surface area contributed by atoms with Crippen LogP contribution in [0.3, 0.4) is 0 Å². The Morgan fingerprint density at radius 1 is 1.16 bits per heavy atom. The lowest BCUT2D eigenvalue weighted by Gasteiger charge is -2.25. The highest BCUT2D eigenvalue weighted by atomic mass is 19.1. The Bertz CT molecular complexity index is 408. The van der Waals surface area contributed by atoms with Gasteiger partial charge in [0, 0.05) is 6.04 Å². The molecular formula is C17H28FN. The molecule has 0 aliphatic rings. The summed E-state index contributed by atoms with van der Waals surface area (Å²) in [5, 5.41) is 0. The van der Waals surface area contributed by atoms with Gasteiger partial charge < -0.3 is 5.73 Å². The summed E-state index contributed by atoms with van der Waals surface area (Å²) in [6, 6.07) is 3.77. The molecule has 0 aliphatic heterocycles. The van der Waals surface area contributed by atoms with Crippen LogP contribution in [-0.2, 0) is 0 Å². The van der Waals surface area contributed by atoms with Gasteiger partial charge in [0.2, 0.25) is 0 Å². The molecule has 0 aromatic heterocycles. The van der Waals surface area contributed by atoms with Crippen LogP contribution in [0.2, 0.25) is 0 Å². The molecule has 0 amide bonds. The molecule has 0 bridgehead atoms. The Morgan fingerprint density at radius 2 is 1.63 bits per heavy atom. The van der Waals surface area contributed by atoms with Crippen molar-refractivity contribution in [3.8, 4) is 0 Å². The van der Waals surface area contributed by atoms with E-state index in [1.807, 2.05) is 12.1 Å². The number of benzene rings is 1. The van der Waals surface area contributed by atoms with E-state index in [1.54, 1.807) is 13.8 Å². The first-order valence-corrected chi connectivity index (χ1v) is 7.12. The van der Waals surface area contributed by atoms with Crippen LogP contribution in [0.15, 0.2) is 12.1 Å². The first kappa shape index (κ1) is 16.2. The number of hydrogen-bond acceptors (Lipinski definition) is 1. The third-order valence-corrected chi connectivity index (χ3v) is 3.50. The molecule has 0 aliphatic carbocycles. The predicted molar refractivity (Wildman–Crippen MR) is 80.7 cm³/mol. The lowest BCUT2D eigenvalue weighted by atomic mass is 9.82. The third kappa shape index (κ3) is 4.94. The van der Waals surface area contributed by atoms with Crippen molar-refractivity contribution in [2.75, 3.05) is 0 Å². The monoisotopic (exact) mass is 265 g/mol. The molecule has 1 aromatic rings. The molecule has 1 rings (SSSR count). The van der Waals surface area contributed by atoms with Crippen molar-refractivity contribution in [2.24, 2.45) is 17.1 Å². The topological polar surface area (TPSA) is 26.0 Å². The Morgan fingerprint density at radius 3 is 2.05 bits per heavy atom. The highest BCUT2D eigenvalue weighted by molar-refractivity contribution is 5.32. The van der Waals surface area contributed by atoms with Crippen molar-refractivity contribution in [1.29, 1.82) is 0 Å². The van der Waals surface area contributed by atoms with Crippen LogP contribution in [0.25, 0.3) is 0 Å². The molecule has 0 fully saturated rings. The smallest absolute Gasteiger partial charge is 0.129 e. The van der Waals surface area contributed by atoms with Crippen molar-refractivity contribution < 1.29 is 4.39 Å².